The first-order chi connectivity index (χ1) is 23.4. The maximum atomic E-state index is 14.4. The number of phenols is 1. The van der Waals surface area contributed by atoms with Crippen LogP contribution in [0.25, 0.3) is 16.6 Å². The second-order valence-corrected chi connectivity index (χ2v) is 11.9. The number of rotatable bonds is 4. The van der Waals surface area contributed by atoms with Gasteiger partial charge in [0.25, 0.3) is 5.91 Å². The summed E-state index contributed by atoms with van der Waals surface area (Å²) in [4.78, 5) is 36.6. The van der Waals surface area contributed by atoms with Crippen molar-refractivity contribution in [2.45, 2.75) is 25.9 Å². The number of benzene rings is 4. The number of fused-ring (bicyclic) bond motifs is 3. The number of allylic oxidation sites excluding steroid dienone is 2. The molecule has 8 rings (SSSR count). The van der Waals surface area contributed by atoms with Crippen LogP contribution in [0.15, 0.2) is 116 Å². The highest BCUT2D eigenvalue weighted by Crippen LogP contribution is 2.39. The van der Waals surface area contributed by atoms with Crippen LogP contribution in [-0.2, 0) is 13.0 Å². The van der Waals surface area contributed by atoms with E-state index in [4.69, 9.17) is 9.47 Å². The molecule has 4 heterocycles. The number of aromatic nitrogens is 1. The zero-order valence-corrected chi connectivity index (χ0v) is 27.3. The number of halogens is 1. The van der Waals surface area contributed by atoms with Gasteiger partial charge in [0.1, 0.15) is 5.75 Å². The van der Waals surface area contributed by atoms with Crippen LogP contribution in [0.3, 0.4) is 0 Å². The van der Waals surface area contributed by atoms with E-state index in [-0.39, 0.29) is 36.9 Å². The van der Waals surface area contributed by atoms with Crippen molar-refractivity contribution in [2.24, 2.45) is 0 Å². The first kappa shape index (κ1) is 31.6. The molecule has 0 radical (unpaired) electrons. The molecule has 0 spiro atoms. The third-order valence-corrected chi connectivity index (χ3v) is 8.89. The van der Waals surface area contributed by atoms with Gasteiger partial charge in [-0.1, -0.05) is 30.3 Å². The third kappa shape index (κ3) is 5.87. The van der Waals surface area contributed by atoms with Gasteiger partial charge in [0, 0.05) is 35.9 Å². The summed E-state index contributed by atoms with van der Waals surface area (Å²) in [6, 6.07) is 27.1. The number of phenolic OH excluding ortho intramolecular Hbond substituents is 1. The molecule has 3 aliphatic rings. The van der Waals surface area contributed by atoms with Crippen LogP contribution >= 0.6 is 12.4 Å². The number of aromatic hydroxyl groups is 1. The molecule has 3 aliphatic heterocycles. The molecular formula is C38H32ClN5O5. The van der Waals surface area contributed by atoms with Crippen molar-refractivity contribution >= 4 is 52.3 Å². The minimum absolute atomic E-state index is 0. The second-order valence-electron chi connectivity index (χ2n) is 11.9. The van der Waals surface area contributed by atoms with Crippen LogP contribution in [-0.4, -0.2) is 44.8 Å². The molecule has 5 aromatic rings. The van der Waals surface area contributed by atoms with Gasteiger partial charge in [0.15, 0.2) is 11.5 Å². The molecule has 2 N–H and O–H groups in total. The molecule has 10 nitrogen and oxygen atoms in total. The zero-order chi connectivity index (χ0) is 32.8. The standard InChI is InChI=1S/C38H31N5O5.ClH/c1-24-18-25-6-2-3-7-27(25)22-41(24)37(45)32-21-36-35(47-23-48-36)20-31(32)34-9-5-17-42(40-34)38(46)43(28-10-13-30(44)14-11-28)29-12-15-33-26(19-29)8-4-16-39-33;/h2-17,19-21,24,40,44H,18,22-23H2,1H3;1H/t24-;/m1./s1. The third-order valence-electron chi connectivity index (χ3n) is 8.89. The summed E-state index contributed by atoms with van der Waals surface area (Å²) < 4.78 is 11.4. The molecule has 0 unspecified atom stereocenters. The van der Waals surface area contributed by atoms with Crippen LogP contribution in [0.1, 0.15) is 34.0 Å². The lowest BCUT2D eigenvalue weighted by Crippen LogP contribution is -2.46. The van der Waals surface area contributed by atoms with E-state index in [0.717, 1.165) is 22.9 Å². The van der Waals surface area contributed by atoms with Crippen molar-refractivity contribution in [3.8, 4) is 17.2 Å². The zero-order valence-electron chi connectivity index (χ0n) is 26.4. The number of pyridine rings is 1. The Bertz CT molecular complexity index is 2150. The molecule has 1 aromatic heterocycles. The van der Waals surface area contributed by atoms with Crippen LogP contribution in [0, 0.1) is 0 Å². The second kappa shape index (κ2) is 12.9. The predicted molar refractivity (Wildman–Crippen MR) is 189 cm³/mol. The molecule has 0 saturated heterocycles. The minimum atomic E-state index is -0.416. The van der Waals surface area contributed by atoms with Gasteiger partial charge < -0.3 is 19.5 Å². The highest BCUT2D eigenvalue weighted by molar-refractivity contribution is 6.03. The number of nitrogens with zero attached hydrogens (tertiary/aromatic N) is 4. The number of amides is 3. The van der Waals surface area contributed by atoms with Crippen LogP contribution in [0.2, 0.25) is 0 Å². The number of ether oxygens (including phenoxy) is 2. The molecule has 4 aromatic carbocycles. The number of carbonyl (C=O) groups is 2. The van der Waals surface area contributed by atoms with E-state index in [9.17, 15) is 14.7 Å². The summed E-state index contributed by atoms with van der Waals surface area (Å²) in [7, 11) is 0. The number of nitrogens with one attached hydrogen (secondary N) is 1. The lowest BCUT2D eigenvalue weighted by Gasteiger charge is -2.36. The van der Waals surface area contributed by atoms with Gasteiger partial charge in [-0.3, -0.25) is 20.1 Å². The maximum absolute atomic E-state index is 14.4. The molecule has 1 atom stereocenters. The van der Waals surface area contributed by atoms with E-state index in [1.807, 2.05) is 53.4 Å². The summed E-state index contributed by atoms with van der Waals surface area (Å²) >= 11 is 0. The van der Waals surface area contributed by atoms with Gasteiger partial charge in [-0.15, -0.1) is 12.4 Å². The molecule has 0 bridgehead atoms. The van der Waals surface area contributed by atoms with Gasteiger partial charge in [0.2, 0.25) is 6.79 Å². The predicted octanol–water partition coefficient (Wildman–Crippen LogP) is 7.31. The van der Waals surface area contributed by atoms with Gasteiger partial charge in [0.05, 0.1) is 28.2 Å². The lowest BCUT2D eigenvalue weighted by atomic mass is 9.93. The fourth-order valence-corrected chi connectivity index (χ4v) is 6.42. The van der Waals surface area contributed by atoms with Crippen LogP contribution in [0.5, 0.6) is 17.2 Å². The summed E-state index contributed by atoms with van der Waals surface area (Å²) in [5, 5.41) is 12.2. The highest BCUT2D eigenvalue weighted by atomic mass is 35.5. The van der Waals surface area contributed by atoms with Crippen molar-refractivity contribution in [3.05, 3.63) is 138 Å². The Morgan fingerprint density at radius 1 is 0.918 bits per heavy atom. The number of hydrogen-bond donors (Lipinski definition) is 2. The minimum Gasteiger partial charge on any atom is -0.508 e. The maximum Gasteiger partial charge on any atom is 0.351 e. The normalized spacial score (nSPS) is 15.9. The van der Waals surface area contributed by atoms with Crippen molar-refractivity contribution in [2.75, 3.05) is 11.7 Å². The van der Waals surface area contributed by atoms with E-state index in [0.29, 0.717) is 46.2 Å². The molecular weight excluding hydrogens is 642 g/mol. The first-order valence-corrected chi connectivity index (χ1v) is 15.7. The van der Waals surface area contributed by atoms with Gasteiger partial charge in [-0.05, 0) is 97.3 Å². The van der Waals surface area contributed by atoms with Gasteiger partial charge in [-0.2, -0.15) is 0 Å². The Hall–Kier alpha value is -6.00. The lowest BCUT2D eigenvalue weighted by molar-refractivity contribution is 0.0657. The number of carbonyl (C=O) groups excluding carboxylic acids is 2. The molecule has 0 aliphatic carbocycles. The SMILES string of the molecule is C[C@@H]1Cc2ccccc2CN1C(=O)c1cc2c(cc1C1=CC=CN(C(=O)N(c3ccc(O)cc3)c3ccc4ncccc4c3)N1)OCO2.Cl. The van der Waals surface area contributed by atoms with Crippen molar-refractivity contribution < 1.29 is 24.2 Å². The first-order valence-electron chi connectivity index (χ1n) is 15.7. The molecule has 49 heavy (non-hydrogen) atoms. The number of hydrogen-bond acceptors (Lipinski definition) is 7. The largest absolute Gasteiger partial charge is 0.508 e. The van der Waals surface area contributed by atoms with E-state index in [1.165, 1.54) is 22.7 Å². The molecule has 0 fully saturated rings. The highest BCUT2D eigenvalue weighted by Gasteiger charge is 2.33. The van der Waals surface area contributed by atoms with Crippen LogP contribution < -0.4 is 19.8 Å². The molecule has 11 heteroatoms. The Labute approximate surface area is 288 Å². The Kier molecular flexibility index (Phi) is 8.31. The van der Waals surface area contributed by atoms with Gasteiger partial charge >= 0.3 is 6.03 Å². The number of urea groups is 1. The van der Waals surface area contributed by atoms with Crippen molar-refractivity contribution in [1.29, 1.82) is 0 Å². The van der Waals surface area contributed by atoms with E-state index >= 15 is 0 Å². The van der Waals surface area contributed by atoms with Crippen LogP contribution in [0.4, 0.5) is 16.2 Å². The topological polar surface area (TPSA) is 107 Å². The Morgan fingerprint density at radius 3 is 2.49 bits per heavy atom. The summed E-state index contributed by atoms with van der Waals surface area (Å²) in [5.74, 6) is 0.957. The van der Waals surface area contributed by atoms with E-state index in [2.05, 4.69) is 29.5 Å². The fraction of sp³-hybridized carbons (Fsp3) is 0.132. The van der Waals surface area contributed by atoms with Gasteiger partial charge in [-0.25, -0.2) is 9.80 Å². The Morgan fingerprint density at radius 2 is 1.67 bits per heavy atom. The average Bonchev–Trinajstić information content (AvgIpc) is 3.59. The smallest absolute Gasteiger partial charge is 0.351 e. The van der Waals surface area contributed by atoms with E-state index < -0.39 is 6.03 Å². The number of hydrazine groups is 1. The fourth-order valence-electron chi connectivity index (χ4n) is 6.42. The monoisotopic (exact) mass is 673 g/mol. The average molecular weight is 674 g/mol. The molecule has 3 amide bonds. The summed E-state index contributed by atoms with van der Waals surface area (Å²) in [5.41, 5.74) is 9.11. The molecule has 0 saturated carbocycles. The Balaban J connectivity index is 0.00000378. The number of anilines is 2. The summed E-state index contributed by atoms with van der Waals surface area (Å²) in [6.07, 6.45) is 7.67. The van der Waals surface area contributed by atoms with E-state index in [1.54, 1.807) is 47.6 Å². The summed E-state index contributed by atoms with van der Waals surface area (Å²) in [6.45, 7) is 2.60. The van der Waals surface area contributed by atoms with Crippen molar-refractivity contribution in [3.63, 3.8) is 0 Å². The molecule has 246 valence electrons. The quantitative estimate of drug-likeness (QED) is 0.206. The van der Waals surface area contributed by atoms with Crippen molar-refractivity contribution in [1.82, 2.24) is 20.3 Å².